The minimum Gasteiger partial charge on any atom is -0.454 e. The molecule has 0 fully saturated rings. The zero-order valence-electron chi connectivity index (χ0n) is 8.82. The van der Waals surface area contributed by atoms with Crippen LogP contribution in [-0.2, 0) is 0 Å². The van der Waals surface area contributed by atoms with Crippen LogP contribution >= 0.6 is 15.9 Å². The average molecular weight is 311 g/mol. The molecule has 1 aromatic carbocycles. The molecule has 0 amide bonds. The minimum atomic E-state index is -1.09. The zero-order chi connectivity index (χ0) is 13.1. The molecule has 1 aromatic heterocycles. The van der Waals surface area contributed by atoms with Gasteiger partial charge in [-0.1, -0.05) is 15.9 Å². The molecule has 90 valence electrons. The summed E-state index contributed by atoms with van der Waals surface area (Å²) in [5.74, 6) is -2.17. The smallest absolute Gasteiger partial charge is 0.201 e. The summed E-state index contributed by atoms with van der Waals surface area (Å²) in [6.45, 7) is 0. The quantitative estimate of drug-likeness (QED) is 0.793. The van der Waals surface area contributed by atoms with Crippen LogP contribution in [-0.4, -0.2) is 4.98 Å². The monoisotopic (exact) mass is 310 g/mol. The number of nitrogens with zero attached hydrogens (tertiary/aromatic N) is 2. The van der Waals surface area contributed by atoms with Crippen molar-refractivity contribution in [3.05, 3.63) is 52.3 Å². The van der Waals surface area contributed by atoms with Crippen molar-refractivity contribution >= 4 is 15.9 Å². The van der Waals surface area contributed by atoms with Gasteiger partial charge >= 0.3 is 0 Å². The summed E-state index contributed by atoms with van der Waals surface area (Å²) in [4.78, 5) is 3.74. The Kier molecular flexibility index (Phi) is 3.53. The molecule has 2 rings (SSSR count). The molecule has 0 aliphatic heterocycles. The van der Waals surface area contributed by atoms with Crippen molar-refractivity contribution in [3.8, 4) is 17.6 Å². The molecule has 0 unspecified atom stereocenters. The van der Waals surface area contributed by atoms with Crippen LogP contribution in [0.3, 0.4) is 0 Å². The van der Waals surface area contributed by atoms with Crippen molar-refractivity contribution in [3.63, 3.8) is 0 Å². The molecule has 0 bridgehead atoms. The molecule has 0 N–H and O–H groups in total. The maximum absolute atomic E-state index is 13.4. The topological polar surface area (TPSA) is 45.9 Å². The van der Waals surface area contributed by atoms with Crippen LogP contribution < -0.4 is 4.74 Å². The molecule has 0 radical (unpaired) electrons. The molecule has 3 nitrogen and oxygen atoms in total. The van der Waals surface area contributed by atoms with Gasteiger partial charge in [0, 0.05) is 16.7 Å². The van der Waals surface area contributed by atoms with Gasteiger partial charge in [0.1, 0.15) is 17.5 Å². The lowest BCUT2D eigenvalue weighted by Gasteiger charge is -2.07. The molecule has 0 atom stereocenters. The van der Waals surface area contributed by atoms with E-state index in [2.05, 4.69) is 20.9 Å². The first-order valence-corrected chi connectivity index (χ1v) is 5.58. The molecule has 0 saturated heterocycles. The van der Waals surface area contributed by atoms with Crippen molar-refractivity contribution in [2.45, 2.75) is 0 Å². The highest BCUT2D eigenvalue weighted by Crippen LogP contribution is 2.29. The highest BCUT2D eigenvalue weighted by atomic mass is 79.9. The number of hydrogen-bond acceptors (Lipinski definition) is 3. The number of rotatable bonds is 2. The van der Waals surface area contributed by atoms with Gasteiger partial charge in [-0.15, -0.1) is 0 Å². The molecule has 0 saturated carbocycles. The largest absolute Gasteiger partial charge is 0.454 e. The van der Waals surface area contributed by atoms with Crippen LogP contribution in [0.25, 0.3) is 0 Å². The average Bonchev–Trinajstić information content (AvgIpc) is 2.35. The second-order valence-electron chi connectivity index (χ2n) is 3.29. The second kappa shape index (κ2) is 5.10. The lowest BCUT2D eigenvalue weighted by atomic mass is 10.3. The van der Waals surface area contributed by atoms with Gasteiger partial charge in [0.25, 0.3) is 0 Å². The van der Waals surface area contributed by atoms with Gasteiger partial charge in [-0.25, -0.2) is 9.37 Å². The van der Waals surface area contributed by atoms with E-state index in [1.54, 1.807) is 0 Å². The first-order chi connectivity index (χ1) is 8.60. The van der Waals surface area contributed by atoms with E-state index in [-0.39, 0.29) is 17.2 Å². The van der Waals surface area contributed by atoms with E-state index in [0.717, 1.165) is 6.07 Å². The molecule has 6 heteroatoms. The van der Waals surface area contributed by atoms with Crippen molar-refractivity contribution in [2.75, 3.05) is 0 Å². The van der Waals surface area contributed by atoms with Gasteiger partial charge in [0.05, 0.1) is 0 Å². The number of nitriles is 1. The summed E-state index contributed by atoms with van der Waals surface area (Å²) in [6, 6.07) is 6.89. The van der Waals surface area contributed by atoms with Gasteiger partial charge in [0.15, 0.2) is 11.6 Å². The molecule has 0 spiro atoms. The predicted molar refractivity (Wildman–Crippen MR) is 63.1 cm³/mol. The molecule has 18 heavy (non-hydrogen) atoms. The van der Waals surface area contributed by atoms with E-state index in [1.165, 1.54) is 24.4 Å². The van der Waals surface area contributed by atoms with Crippen molar-refractivity contribution in [1.29, 1.82) is 5.26 Å². The van der Waals surface area contributed by atoms with E-state index in [4.69, 9.17) is 10.00 Å². The second-order valence-corrected chi connectivity index (χ2v) is 4.21. The van der Waals surface area contributed by atoms with Crippen molar-refractivity contribution in [1.82, 2.24) is 4.98 Å². The van der Waals surface area contributed by atoms with Gasteiger partial charge in [-0.3, -0.25) is 0 Å². The van der Waals surface area contributed by atoms with Crippen LogP contribution in [0.2, 0.25) is 0 Å². The fourth-order valence-electron chi connectivity index (χ4n) is 1.27. The Hall–Kier alpha value is -2.00. The van der Waals surface area contributed by atoms with Crippen LogP contribution in [0, 0.1) is 23.0 Å². The van der Waals surface area contributed by atoms with Crippen molar-refractivity contribution in [2.24, 2.45) is 0 Å². The lowest BCUT2D eigenvalue weighted by Crippen LogP contribution is -1.93. The van der Waals surface area contributed by atoms with Crippen LogP contribution in [0.15, 0.2) is 34.9 Å². The summed E-state index contributed by atoms with van der Waals surface area (Å²) >= 11 is 3.04. The number of ether oxygens (including phenoxy) is 1. The summed E-state index contributed by atoms with van der Waals surface area (Å²) in [5, 5.41) is 8.66. The standard InChI is InChI=1S/C12H5BrF2N2O/c13-7-3-10(14)12(15)11(4-7)18-9-1-2-17-8(5-9)6-16/h1-5H. The first kappa shape index (κ1) is 12.5. The molecular weight excluding hydrogens is 306 g/mol. The summed E-state index contributed by atoms with van der Waals surface area (Å²) < 4.78 is 32.1. The Morgan fingerprint density at radius 3 is 2.78 bits per heavy atom. The molecular formula is C12H5BrF2N2O. The highest BCUT2D eigenvalue weighted by Gasteiger charge is 2.12. The molecule has 2 aromatic rings. The summed E-state index contributed by atoms with van der Waals surface area (Å²) in [5.41, 5.74) is 0.128. The lowest BCUT2D eigenvalue weighted by molar-refractivity contribution is 0.415. The summed E-state index contributed by atoms with van der Waals surface area (Å²) in [7, 11) is 0. The van der Waals surface area contributed by atoms with E-state index < -0.39 is 11.6 Å². The van der Waals surface area contributed by atoms with Gasteiger partial charge < -0.3 is 4.74 Å². The van der Waals surface area contributed by atoms with Crippen LogP contribution in [0.4, 0.5) is 8.78 Å². The Morgan fingerprint density at radius 1 is 1.28 bits per heavy atom. The Morgan fingerprint density at radius 2 is 2.06 bits per heavy atom. The number of halogens is 3. The van der Waals surface area contributed by atoms with E-state index >= 15 is 0 Å². The van der Waals surface area contributed by atoms with E-state index in [1.807, 2.05) is 6.07 Å². The third-order valence-electron chi connectivity index (χ3n) is 2.03. The number of aromatic nitrogens is 1. The fourth-order valence-corrected chi connectivity index (χ4v) is 1.68. The van der Waals surface area contributed by atoms with Gasteiger partial charge in [0.2, 0.25) is 5.82 Å². The minimum absolute atomic E-state index is 0.128. The van der Waals surface area contributed by atoms with Gasteiger partial charge in [-0.05, 0) is 18.2 Å². The van der Waals surface area contributed by atoms with Crippen molar-refractivity contribution < 1.29 is 13.5 Å². The normalized spacial score (nSPS) is 9.89. The highest BCUT2D eigenvalue weighted by molar-refractivity contribution is 9.10. The first-order valence-electron chi connectivity index (χ1n) is 4.78. The SMILES string of the molecule is N#Cc1cc(Oc2cc(Br)cc(F)c2F)ccn1. The fraction of sp³-hybridized carbons (Fsp3) is 0. The maximum atomic E-state index is 13.4. The number of benzene rings is 1. The number of pyridine rings is 1. The van der Waals surface area contributed by atoms with Crippen LogP contribution in [0.5, 0.6) is 11.5 Å². The zero-order valence-corrected chi connectivity index (χ0v) is 10.4. The number of hydrogen-bond donors (Lipinski definition) is 0. The Labute approximate surface area is 110 Å². The third-order valence-corrected chi connectivity index (χ3v) is 2.49. The molecule has 1 heterocycles. The molecule has 0 aliphatic rings. The third kappa shape index (κ3) is 2.63. The Balaban J connectivity index is 2.37. The van der Waals surface area contributed by atoms with E-state index in [9.17, 15) is 8.78 Å². The van der Waals surface area contributed by atoms with Gasteiger partial charge in [-0.2, -0.15) is 9.65 Å². The van der Waals surface area contributed by atoms with Crippen LogP contribution in [0.1, 0.15) is 5.69 Å². The Bertz CT molecular complexity index is 640. The molecule has 0 aliphatic carbocycles. The predicted octanol–water partition coefficient (Wildman–Crippen LogP) is 3.79. The van der Waals surface area contributed by atoms with E-state index in [0.29, 0.717) is 4.47 Å². The summed E-state index contributed by atoms with van der Waals surface area (Å²) in [6.07, 6.45) is 1.35. The maximum Gasteiger partial charge on any atom is 0.201 e.